The monoisotopic (exact) mass is 650 g/mol. The van der Waals surface area contributed by atoms with Gasteiger partial charge in [-0.3, -0.25) is 9.36 Å². The number of rotatable bonds is 8. The number of phenolic OH excluding ortho intramolecular Hbond substituents is 1. The van der Waals surface area contributed by atoms with Crippen LogP contribution in [0, 0.1) is 17.6 Å². The highest BCUT2D eigenvalue weighted by molar-refractivity contribution is 5.77. The fraction of sp³-hybridized carbons (Fsp3) is 0.297. The van der Waals surface area contributed by atoms with Gasteiger partial charge in [0, 0.05) is 25.0 Å². The van der Waals surface area contributed by atoms with Crippen molar-refractivity contribution in [1.82, 2.24) is 28.4 Å². The maximum absolute atomic E-state index is 14.5. The van der Waals surface area contributed by atoms with Gasteiger partial charge in [0.1, 0.15) is 23.0 Å². The summed E-state index contributed by atoms with van der Waals surface area (Å²) in [6.45, 7) is 0.587. The molecule has 1 aliphatic carbocycles. The summed E-state index contributed by atoms with van der Waals surface area (Å²) in [5.41, 5.74) is 3.77. The second-order valence-electron chi connectivity index (χ2n) is 13.0. The van der Waals surface area contributed by atoms with Crippen LogP contribution in [0.1, 0.15) is 49.4 Å². The van der Waals surface area contributed by atoms with Crippen LogP contribution < -0.4 is 11.2 Å². The minimum Gasteiger partial charge on any atom is -0.508 e. The first-order valence-corrected chi connectivity index (χ1v) is 16.2. The maximum Gasteiger partial charge on any atom is 0.337 e. The SMILES string of the molecule is CN(C)Cc1cc(O)ccc1-c1cccc(-n2c(=O)n(C3CCC(CCc4cn5cc(F)ccc5n4)CC3)c(=O)c3cc(F)cnc32)c1. The number of hydrogen-bond donors (Lipinski definition) is 1. The molecule has 6 aromatic rings. The first-order valence-electron chi connectivity index (χ1n) is 16.2. The molecule has 1 fully saturated rings. The van der Waals surface area contributed by atoms with Crippen LogP contribution in [0.2, 0.25) is 0 Å². The Morgan fingerprint density at radius 1 is 0.938 bits per heavy atom. The van der Waals surface area contributed by atoms with Crippen LogP contribution in [0.3, 0.4) is 0 Å². The zero-order valence-electron chi connectivity index (χ0n) is 26.8. The van der Waals surface area contributed by atoms with Crippen molar-refractivity contribution < 1.29 is 13.9 Å². The molecule has 246 valence electrons. The molecule has 0 radical (unpaired) electrons. The quantitative estimate of drug-likeness (QED) is 0.209. The molecule has 1 aliphatic rings. The summed E-state index contributed by atoms with van der Waals surface area (Å²) in [6.07, 6.45) is 8.84. The van der Waals surface area contributed by atoms with Crippen molar-refractivity contribution in [3.8, 4) is 22.6 Å². The van der Waals surface area contributed by atoms with E-state index in [0.29, 0.717) is 36.6 Å². The van der Waals surface area contributed by atoms with Crippen LogP contribution in [0.5, 0.6) is 5.75 Å². The highest BCUT2D eigenvalue weighted by Gasteiger charge is 2.27. The number of aromatic hydroxyl groups is 1. The Morgan fingerprint density at radius 3 is 2.54 bits per heavy atom. The highest BCUT2D eigenvalue weighted by Crippen LogP contribution is 2.34. The summed E-state index contributed by atoms with van der Waals surface area (Å²) in [6, 6.07) is 16.5. The topological polar surface area (TPSA) is 97.7 Å². The zero-order valence-corrected chi connectivity index (χ0v) is 26.8. The average molecular weight is 651 g/mol. The van der Waals surface area contributed by atoms with Gasteiger partial charge in [-0.15, -0.1) is 0 Å². The summed E-state index contributed by atoms with van der Waals surface area (Å²) in [5, 5.41) is 10.2. The number of halogens is 2. The van der Waals surface area contributed by atoms with Crippen LogP contribution in [-0.2, 0) is 13.0 Å². The Labute approximate surface area is 275 Å². The lowest BCUT2D eigenvalue weighted by Gasteiger charge is -2.29. The number of imidazole rings is 1. The van der Waals surface area contributed by atoms with Crippen molar-refractivity contribution >= 4 is 16.7 Å². The molecule has 11 heteroatoms. The van der Waals surface area contributed by atoms with E-state index < -0.39 is 17.1 Å². The van der Waals surface area contributed by atoms with Crippen LogP contribution in [0.25, 0.3) is 33.5 Å². The second kappa shape index (κ2) is 12.8. The predicted molar refractivity (Wildman–Crippen MR) is 181 cm³/mol. The molecule has 0 unspecified atom stereocenters. The van der Waals surface area contributed by atoms with Gasteiger partial charge in [-0.25, -0.2) is 28.1 Å². The minimum absolute atomic E-state index is 0.0448. The van der Waals surface area contributed by atoms with Gasteiger partial charge >= 0.3 is 5.69 Å². The van der Waals surface area contributed by atoms with E-state index in [1.807, 2.05) is 49.5 Å². The van der Waals surface area contributed by atoms with Crippen molar-refractivity contribution in [1.29, 1.82) is 0 Å². The van der Waals surface area contributed by atoms with Crippen molar-refractivity contribution in [2.24, 2.45) is 5.92 Å². The first kappa shape index (κ1) is 31.4. The lowest BCUT2D eigenvalue weighted by molar-refractivity contribution is 0.255. The van der Waals surface area contributed by atoms with E-state index in [9.17, 15) is 23.5 Å². The first-order chi connectivity index (χ1) is 23.1. The molecule has 0 saturated heterocycles. The fourth-order valence-electron chi connectivity index (χ4n) is 7.06. The maximum atomic E-state index is 14.5. The molecule has 1 saturated carbocycles. The van der Waals surface area contributed by atoms with Gasteiger partial charge in [0.25, 0.3) is 5.56 Å². The van der Waals surface area contributed by atoms with Gasteiger partial charge in [0.2, 0.25) is 0 Å². The molecule has 48 heavy (non-hydrogen) atoms. The Hall–Kier alpha value is -5.16. The largest absolute Gasteiger partial charge is 0.508 e. The van der Waals surface area contributed by atoms with Crippen molar-refractivity contribution in [2.45, 2.75) is 51.1 Å². The Morgan fingerprint density at radius 2 is 1.75 bits per heavy atom. The number of fused-ring (bicyclic) bond motifs is 2. The lowest BCUT2D eigenvalue weighted by atomic mass is 9.83. The molecular formula is C37H36F2N6O3. The summed E-state index contributed by atoms with van der Waals surface area (Å²) in [7, 11) is 3.89. The number of benzene rings is 2. The van der Waals surface area contributed by atoms with Gasteiger partial charge in [-0.1, -0.05) is 18.2 Å². The summed E-state index contributed by atoms with van der Waals surface area (Å²) in [5.74, 6) is -0.418. The van der Waals surface area contributed by atoms with E-state index in [-0.39, 0.29) is 28.6 Å². The second-order valence-corrected chi connectivity index (χ2v) is 13.0. The van der Waals surface area contributed by atoms with E-state index >= 15 is 0 Å². The predicted octanol–water partition coefficient (Wildman–Crippen LogP) is 6.27. The third-order valence-corrected chi connectivity index (χ3v) is 9.34. The molecule has 4 aromatic heterocycles. The van der Waals surface area contributed by atoms with E-state index in [2.05, 4.69) is 9.97 Å². The molecule has 0 aliphatic heterocycles. The van der Waals surface area contributed by atoms with Gasteiger partial charge in [0.15, 0.2) is 5.65 Å². The molecule has 0 atom stereocenters. The van der Waals surface area contributed by atoms with Crippen LogP contribution in [0.15, 0.2) is 88.8 Å². The molecule has 1 N–H and O–H groups in total. The van der Waals surface area contributed by atoms with E-state index in [4.69, 9.17) is 0 Å². The third kappa shape index (κ3) is 6.13. The number of aryl methyl sites for hydroxylation is 1. The van der Waals surface area contributed by atoms with Crippen LogP contribution in [0.4, 0.5) is 8.78 Å². The number of aromatic nitrogens is 5. The van der Waals surface area contributed by atoms with Crippen LogP contribution in [-0.4, -0.2) is 47.6 Å². The smallest absolute Gasteiger partial charge is 0.337 e. The normalized spacial score (nSPS) is 16.7. The molecular weight excluding hydrogens is 614 g/mol. The van der Waals surface area contributed by atoms with Crippen molar-refractivity contribution in [3.05, 3.63) is 123 Å². The molecule has 0 bridgehead atoms. The molecule has 9 nitrogen and oxygen atoms in total. The molecule has 2 aromatic carbocycles. The number of phenols is 1. The standard InChI is InChI=1S/C37H36F2N6O3/c1-42(2)20-25-17-31(46)13-14-32(25)24-4-3-5-30(16-24)44-35-33(18-27(39)19-40-35)36(47)45(37(44)48)29-11-7-23(8-12-29)6-10-28-22-43-21-26(38)9-15-34(43)41-28/h3-5,9,13-19,21-23,29,46H,6-8,10-12,20H2,1-2H3. The summed E-state index contributed by atoms with van der Waals surface area (Å²) >= 11 is 0. The molecule has 0 spiro atoms. The highest BCUT2D eigenvalue weighted by atomic mass is 19.1. The zero-order chi connectivity index (χ0) is 33.5. The van der Waals surface area contributed by atoms with Gasteiger partial charge in [0.05, 0.1) is 23.0 Å². The Kier molecular flexibility index (Phi) is 8.38. The van der Waals surface area contributed by atoms with Crippen LogP contribution >= 0.6 is 0 Å². The summed E-state index contributed by atoms with van der Waals surface area (Å²) < 4.78 is 32.5. The minimum atomic E-state index is -0.652. The van der Waals surface area contributed by atoms with E-state index in [1.165, 1.54) is 21.4 Å². The number of hydrogen-bond acceptors (Lipinski definition) is 6. The Bertz CT molecular complexity index is 2270. The number of pyridine rings is 2. The molecule has 7 rings (SSSR count). The van der Waals surface area contributed by atoms with Gasteiger partial charge in [-0.2, -0.15) is 0 Å². The Balaban J connectivity index is 1.20. The van der Waals surface area contributed by atoms with Crippen molar-refractivity contribution in [2.75, 3.05) is 14.1 Å². The lowest BCUT2D eigenvalue weighted by Crippen LogP contribution is -2.43. The molecule has 4 heterocycles. The van der Waals surface area contributed by atoms with Gasteiger partial charge < -0.3 is 14.4 Å². The molecule has 0 amide bonds. The van der Waals surface area contributed by atoms with Gasteiger partial charge in [-0.05, 0) is 118 Å². The van der Waals surface area contributed by atoms with Crippen molar-refractivity contribution in [3.63, 3.8) is 0 Å². The third-order valence-electron chi connectivity index (χ3n) is 9.34. The number of nitrogens with zero attached hydrogens (tertiary/aromatic N) is 6. The summed E-state index contributed by atoms with van der Waals surface area (Å²) in [4.78, 5) is 39.0. The van der Waals surface area contributed by atoms with E-state index in [0.717, 1.165) is 60.3 Å². The fourth-order valence-corrected chi connectivity index (χ4v) is 7.06. The average Bonchev–Trinajstić information content (AvgIpc) is 3.47. The van der Waals surface area contributed by atoms with E-state index in [1.54, 1.807) is 28.7 Å².